The molecule has 0 spiro atoms. The number of nitrogens with one attached hydrogen (secondary N) is 1. The number of hydrogen-bond donors (Lipinski definition) is 1. The molecule has 0 aromatic heterocycles. The predicted octanol–water partition coefficient (Wildman–Crippen LogP) is 4.81. The molecule has 0 aliphatic rings. The van der Waals surface area contributed by atoms with Crippen LogP contribution in [-0.2, 0) is 0 Å². The van der Waals surface area contributed by atoms with Crippen molar-refractivity contribution >= 4 is 24.4 Å². The molecule has 1 nitrogen and oxygen atoms in total. The highest BCUT2D eigenvalue weighted by atomic mass is 35.5. The summed E-state index contributed by atoms with van der Waals surface area (Å²) in [6, 6.07) is 0. The molecule has 0 aliphatic heterocycles. The van der Waals surface area contributed by atoms with Crippen LogP contribution in [0.1, 0.15) is 65.2 Å². The topological polar surface area (TPSA) is 12.0 Å². The van der Waals surface area contributed by atoms with Crippen LogP contribution in [0.4, 0.5) is 0 Å². The Morgan fingerprint density at radius 1 is 0.800 bits per heavy atom. The summed E-state index contributed by atoms with van der Waals surface area (Å²) in [5.41, 5.74) is 0. The van der Waals surface area contributed by atoms with Gasteiger partial charge < -0.3 is 0 Å². The average Bonchev–Trinajstić information content (AvgIpc) is 2.21. The van der Waals surface area contributed by atoms with Crippen molar-refractivity contribution in [2.75, 3.05) is 12.3 Å². The van der Waals surface area contributed by atoms with Crippen LogP contribution in [-0.4, -0.2) is 12.3 Å². The molecule has 0 saturated carbocycles. The number of hydrogen-bond acceptors (Lipinski definition) is 2. The van der Waals surface area contributed by atoms with Crippen molar-refractivity contribution < 1.29 is 0 Å². The number of halogens is 1. The zero-order valence-electron chi connectivity index (χ0n) is 10.4. The highest BCUT2D eigenvalue weighted by molar-refractivity contribution is 7.97. The van der Waals surface area contributed by atoms with E-state index in [4.69, 9.17) is 0 Å². The molecule has 0 heterocycles. The number of unbranched alkanes of at least 4 members (excludes halogenated alkanes) is 7. The van der Waals surface area contributed by atoms with Crippen LogP contribution in [0.2, 0.25) is 0 Å². The zero-order valence-corrected chi connectivity index (χ0v) is 12.0. The lowest BCUT2D eigenvalue weighted by atomic mass is 10.1. The summed E-state index contributed by atoms with van der Waals surface area (Å²) in [5.74, 6) is 1.28. The molecule has 0 amide bonds. The van der Waals surface area contributed by atoms with Crippen LogP contribution >= 0.6 is 24.4 Å². The maximum atomic E-state index is 3.28. The van der Waals surface area contributed by atoms with Crippen molar-refractivity contribution in [1.82, 2.24) is 4.72 Å². The van der Waals surface area contributed by atoms with Gasteiger partial charge in [0.05, 0.1) is 0 Å². The minimum atomic E-state index is 0. The van der Waals surface area contributed by atoms with Crippen LogP contribution in [0.5, 0.6) is 0 Å². The van der Waals surface area contributed by atoms with Gasteiger partial charge in [-0.05, 0) is 6.42 Å². The molecule has 0 aromatic carbocycles. The second-order valence-electron chi connectivity index (χ2n) is 3.82. The monoisotopic (exact) mass is 253 g/mol. The van der Waals surface area contributed by atoms with Crippen LogP contribution in [0, 0.1) is 0 Å². The fourth-order valence-corrected chi connectivity index (χ4v) is 2.18. The molecule has 0 aliphatic carbocycles. The third kappa shape index (κ3) is 17.2. The van der Waals surface area contributed by atoms with Crippen molar-refractivity contribution in [3.05, 3.63) is 0 Å². The van der Waals surface area contributed by atoms with Gasteiger partial charge in [0.2, 0.25) is 0 Å². The highest BCUT2D eigenvalue weighted by Crippen LogP contribution is 2.09. The van der Waals surface area contributed by atoms with Crippen LogP contribution in [0.3, 0.4) is 0 Å². The van der Waals surface area contributed by atoms with E-state index in [2.05, 4.69) is 18.6 Å². The molecular weight excluding hydrogens is 226 g/mol. The fraction of sp³-hybridized carbons (Fsp3) is 1.00. The Labute approximate surface area is 107 Å². The first-order valence-electron chi connectivity index (χ1n) is 6.26. The minimum Gasteiger partial charge on any atom is -0.264 e. The van der Waals surface area contributed by atoms with E-state index in [9.17, 15) is 0 Å². The summed E-state index contributed by atoms with van der Waals surface area (Å²) < 4.78 is 3.28. The molecule has 15 heavy (non-hydrogen) atoms. The van der Waals surface area contributed by atoms with Crippen molar-refractivity contribution in [2.24, 2.45) is 0 Å². The molecule has 0 rings (SSSR count). The maximum Gasteiger partial charge on any atom is 0.00786 e. The van der Waals surface area contributed by atoms with Gasteiger partial charge in [-0.15, -0.1) is 12.4 Å². The summed E-state index contributed by atoms with van der Waals surface area (Å²) in [5, 5.41) is 0. The van der Waals surface area contributed by atoms with Crippen molar-refractivity contribution in [2.45, 2.75) is 65.2 Å². The lowest BCUT2D eigenvalue weighted by Crippen LogP contribution is -2.01. The first-order valence-corrected chi connectivity index (χ1v) is 7.25. The Hall–Kier alpha value is 0.600. The lowest BCUT2D eigenvalue weighted by Gasteiger charge is -2.02. The van der Waals surface area contributed by atoms with Gasteiger partial charge >= 0.3 is 0 Å². The van der Waals surface area contributed by atoms with E-state index in [1.165, 1.54) is 57.1 Å². The second kappa shape index (κ2) is 17.0. The molecule has 0 fully saturated rings. The SMILES string of the molecule is CCCCCCCCCCSNCC.Cl. The van der Waals surface area contributed by atoms with Crippen LogP contribution < -0.4 is 4.72 Å². The zero-order chi connectivity index (χ0) is 10.5. The van der Waals surface area contributed by atoms with Gasteiger partial charge in [0.1, 0.15) is 0 Å². The molecule has 0 atom stereocenters. The van der Waals surface area contributed by atoms with Crippen molar-refractivity contribution in [1.29, 1.82) is 0 Å². The Bertz CT molecular complexity index is 89.6. The summed E-state index contributed by atoms with van der Waals surface area (Å²) in [7, 11) is 0. The molecule has 0 bridgehead atoms. The third-order valence-electron chi connectivity index (χ3n) is 2.35. The summed E-state index contributed by atoms with van der Waals surface area (Å²) in [4.78, 5) is 0. The summed E-state index contributed by atoms with van der Waals surface area (Å²) in [6.07, 6.45) is 11.4. The van der Waals surface area contributed by atoms with Crippen LogP contribution in [0.15, 0.2) is 0 Å². The molecular formula is C12H28ClNS. The molecule has 0 saturated heterocycles. The van der Waals surface area contributed by atoms with Gasteiger partial charge in [0.15, 0.2) is 0 Å². The molecule has 1 N–H and O–H groups in total. The quantitative estimate of drug-likeness (QED) is 0.419. The Morgan fingerprint density at radius 2 is 1.33 bits per heavy atom. The van der Waals surface area contributed by atoms with Gasteiger partial charge in [-0.25, -0.2) is 0 Å². The Morgan fingerprint density at radius 3 is 1.87 bits per heavy atom. The van der Waals surface area contributed by atoms with Crippen molar-refractivity contribution in [3.63, 3.8) is 0 Å². The van der Waals surface area contributed by atoms with Gasteiger partial charge in [0.25, 0.3) is 0 Å². The Balaban J connectivity index is 0. The van der Waals surface area contributed by atoms with E-state index in [-0.39, 0.29) is 12.4 Å². The average molecular weight is 254 g/mol. The lowest BCUT2D eigenvalue weighted by molar-refractivity contribution is 0.586. The molecule has 94 valence electrons. The van der Waals surface area contributed by atoms with E-state index >= 15 is 0 Å². The molecule has 3 heteroatoms. The molecule has 0 aromatic rings. The molecule has 0 unspecified atom stereocenters. The predicted molar refractivity (Wildman–Crippen MR) is 76.0 cm³/mol. The molecule has 0 radical (unpaired) electrons. The van der Waals surface area contributed by atoms with Gasteiger partial charge in [-0.2, -0.15) is 0 Å². The summed E-state index contributed by atoms with van der Waals surface area (Å²) >= 11 is 1.88. The highest BCUT2D eigenvalue weighted by Gasteiger charge is 1.91. The standard InChI is InChI=1S/C12H27NS.ClH/c1-3-5-6-7-8-9-10-11-12-14-13-4-2;/h13H,3-12H2,1-2H3;1H. The van der Waals surface area contributed by atoms with Gasteiger partial charge in [0, 0.05) is 12.3 Å². The smallest absolute Gasteiger partial charge is 0.00786 e. The van der Waals surface area contributed by atoms with E-state index < -0.39 is 0 Å². The van der Waals surface area contributed by atoms with E-state index in [1.54, 1.807) is 0 Å². The third-order valence-corrected chi connectivity index (χ3v) is 3.33. The van der Waals surface area contributed by atoms with Crippen molar-refractivity contribution in [3.8, 4) is 0 Å². The van der Waals surface area contributed by atoms with Crippen LogP contribution in [0.25, 0.3) is 0 Å². The largest absolute Gasteiger partial charge is 0.264 e. The van der Waals surface area contributed by atoms with E-state index in [1.807, 2.05) is 11.9 Å². The first-order chi connectivity index (χ1) is 6.91. The summed E-state index contributed by atoms with van der Waals surface area (Å²) in [6.45, 7) is 5.51. The fourth-order valence-electron chi connectivity index (χ4n) is 1.48. The second-order valence-corrected chi connectivity index (χ2v) is 4.81. The maximum absolute atomic E-state index is 3.28. The normalized spacial score (nSPS) is 10.0. The first kappa shape index (κ1) is 18.0. The van der Waals surface area contributed by atoms with Gasteiger partial charge in [-0.3, -0.25) is 4.72 Å². The van der Waals surface area contributed by atoms with E-state index in [0.717, 1.165) is 6.54 Å². The minimum absolute atomic E-state index is 0. The number of rotatable bonds is 11. The van der Waals surface area contributed by atoms with Gasteiger partial charge in [-0.1, -0.05) is 70.7 Å². The Kier molecular flexibility index (Phi) is 20.4. The van der Waals surface area contributed by atoms with E-state index in [0.29, 0.717) is 0 Å².